The van der Waals surface area contributed by atoms with Crippen molar-refractivity contribution in [3.05, 3.63) is 36.0 Å². The fourth-order valence-corrected chi connectivity index (χ4v) is 5.12. The van der Waals surface area contributed by atoms with Crippen LogP contribution in [0.5, 0.6) is 0 Å². The molecule has 2 aromatic rings. The van der Waals surface area contributed by atoms with E-state index in [1.54, 1.807) is 16.9 Å². The molecule has 0 aromatic carbocycles. The lowest BCUT2D eigenvalue weighted by Crippen LogP contribution is -2.36. The van der Waals surface area contributed by atoms with Crippen LogP contribution in [0.3, 0.4) is 0 Å². The van der Waals surface area contributed by atoms with Gasteiger partial charge >= 0.3 is 10.3 Å². The number of hydrogen-bond donors (Lipinski definition) is 4. The van der Waals surface area contributed by atoms with Crippen LogP contribution in [-0.2, 0) is 21.0 Å². The normalized spacial score (nSPS) is 26.0. The summed E-state index contributed by atoms with van der Waals surface area (Å²) in [5.74, 6) is -0.295. The van der Waals surface area contributed by atoms with E-state index in [4.69, 9.17) is 5.14 Å². The molecule has 0 unspecified atom stereocenters. The van der Waals surface area contributed by atoms with Crippen LogP contribution in [0.1, 0.15) is 54.6 Å². The Morgan fingerprint density at radius 2 is 2.00 bits per heavy atom. The fourth-order valence-electron chi connectivity index (χ4n) is 4.76. The number of hydrogen-bond acceptors (Lipinski definition) is 10. The Hall–Kier alpha value is -2.45. The third-order valence-electron chi connectivity index (χ3n) is 6.57. The Balaban J connectivity index is 1.44. The Labute approximate surface area is 197 Å². The maximum Gasteiger partial charge on any atom is 0.333 e. The highest BCUT2D eigenvalue weighted by Crippen LogP contribution is 2.30. The summed E-state index contributed by atoms with van der Waals surface area (Å²) in [6, 6.07) is 0.964. The number of nitrogens with zero attached hydrogens (tertiary/aromatic N) is 4. The van der Waals surface area contributed by atoms with Gasteiger partial charge in [-0.2, -0.15) is 13.5 Å². The van der Waals surface area contributed by atoms with E-state index in [0.29, 0.717) is 5.92 Å². The van der Waals surface area contributed by atoms with Gasteiger partial charge in [0, 0.05) is 24.9 Å². The first-order chi connectivity index (χ1) is 16.2. The zero-order valence-corrected chi connectivity index (χ0v) is 19.5. The van der Waals surface area contributed by atoms with Crippen LogP contribution in [-0.4, -0.2) is 69.0 Å². The summed E-state index contributed by atoms with van der Waals surface area (Å²) >= 11 is 0. The van der Waals surface area contributed by atoms with E-state index in [-0.39, 0.29) is 35.9 Å². The van der Waals surface area contributed by atoms with Crippen molar-refractivity contribution in [1.82, 2.24) is 19.7 Å². The summed E-state index contributed by atoms with van der Waals surface area (Å²) in [6.07, 6.45) is 8.20. The number of aliphatic hydroxyl groups excluding tert-OH is 2. The van der Waals surface area contributed by atoms with E-state index in [9.17, 15) is 23.4 Å². The SMILES string of the molecule is NS(=O)(=O)OC[C@H]1C[C@@H](Nc2ncncc2C(=O)c2ccn(CC3CCCCC3)n2)[C@H](O)[C@@H]1O. The minimum atomic E-state index is -4.17. The summed E-state index contributed by atoms with van der Waals surface area (Å²) in [6.45, 7) is 0.404. The minimum Gasteiger partial charge on any atom is -0.390 e. The first-order valence-electron chi connectivity index (χ1n) is 11.4. The third kappa shape index (κ3) is 5.96. The monoisotopic (exact) mass is 494 g/mol. The Bertz CT molecular complexity index is 1100. The van der Waals surface area contributed by atoms with Crippen molar-refractivity contribution in [2.45, 2.75) is 63.3 Å². The number of aromatic nitrogens is 4. The van der Waals surface area contributed by atoms with Gasteiger partial charge in [-0.3, -0.25) is 13.7 Å². The highest BCUT2D eigenvalue weighted by atomic mass is 32.2. The van der Waals surface area contributed by atoms with Gasteiger partial charge < -0.3 is 15.5 Å². The van der Waals surface area contributed by atoms with Crippen molar-refractivity contribution in [2.24, 2.45) is 17.0 Å². The van der Waals surface area contributed by atoms with Crippen molar-refractivity contribution >= 4 is 21.9 Å². The Morgan fingerprint density at radius 1 is 1.24 bits per heavy atom. The molecule has 12 nitrogen and oxygen atoms in total. The number of carbonyl (C=O) groups excluding carboxylic acids is 1. The summed E-state index contributed by atoms with van der Waals surface area (Å²) in [7, 11) is -4.17. The quantitative estimate of drug-likeness (QED) is 0.352. The molecule has 2 fully saturated rings. The molecule has 5 N–H and O–H groups in total. The van der Waals surface area contributed by atoms with Crippen molar-refractivity contribution in [3.63, 3.8) is 0 Å². The topological polar surface area (TPSA) is 183 Å². The Kier molecular flexibility index (Phi) is 7.57. The molecule has 2 saturated carbocycles. The molecule has 0 amide bonds. The van der Waals surface area contributed by atoms with Crippen LogP contribution in [0.4, 0.5) is 5.82 Å². The Morgan fingerprint density at radius 3 is 2.74 bits per heavy atom. The first-order valence-corrected chi connectivity index (χ1v) is 12.9. The van der Waals surface area contributed by atoms with Gasteiger partial charge in [-0.05, 0) is 31.2 Å². The second kappa shape index (κ2) is 10.4. The summed E-state index contributed by atoms with van der Waals surface area (Å²) in [5, 5.41) is 33.0. The van der Waals surface area contributed by atoms with Crippen LogP contribution in [0.15, 0.2) is 24.8 Å². The van der Waals surface area contributed by atoms with Gasteiger partial charge in [0.05, 0.1) is 24.3 Å². The lowest BCUT2D eigenvalue weighted by atomic mass is 9.89. The number of nitrogens with two attached hydrogens (primary N) is 1. The maximum absolute atomic E-state index is 13.2. The number of anilines is 1. The molecular formula is C21H30N6O6S. The average molecular weight is 495 g/mol. The van der Waals surface area contributed by atoms with Crippen molar-refractivity contribution in [2.75, 3.05) is 11.9 Å². The molecule has 2 aliphatic rings. The third-order valence-corrected chi connectivity index (χ3v) is 7.04. The van der Waals surface area contributed by atoms with E-state index in [1.807, 2.05) is 0 Å². The lowest BCUT2D eigenvalue weighted by Gasteiger charge is -2.21. The minimum absolute atomic E-state index is 0.172. The number of rotatable bonds is 9. The first kappa shape index (κ1) is 24.7. The average Bonchev–Trinajstić information content (AvgIpc) is 3.38. The number of ketones is 1. The molecule has 34 heavy (non-hydrogen) atoms. The van der Waals surface area contributed by atoms with Crippen molar-refractivity contribution in [1.29, 1.82) is 0 Å². The maximum atomic E-state index is 13.2. The van der Waals surface area contributed by atoms with Gasteiger partial charge in [0.1, 0.15) is 23.9 Å². The van der Waals surface area contributed by atoms with Gasteiger partial charge in [-0.15, -0.1) is 0 Å². The molecule has 2 aliphatic carbocycles. The van der Waals surface area contributed by atoms with Crippen LogP contribution >= 0.6 is 0 Å². The highest BCUT2D eigenvalue weighted by molar-refractivity contribution is 7.84. The molecule has 0 radical (unpaired) electrons. The van der Waals surface area contributed by atoms with Crippen LogP contribution < -0.4 is 10.5 Å². The summed E-state index contributed by atoms with van der Waals surface area (Å²) in [5.41, 5.74) is 0.441. The van der Waals surface area contributed by atoms with E-state index < -0.39 is 34.5 Å². The number of carbonyl (C=O) groups is 1. The molecule has 186 valence electrons. The van der Waals surface area contributed by atoms with Gasteiger partial charge in [0.15, 0.2) is 0 Å². The number of aliphatic hydroxyl groups is 2. The highest BCUT2D eigenvalue weighted by Gasteiger charge is 2.42. The molecule has 2 aromatic heterocycles. The largest absolute Gasteiger partial charge is 0.390 e. The van der Waals surface area contributed by atoms with E-state index in [2.05, 4.69) is 24.6 Å². The van der Waals surface area contributed by atoms with Crippen LogP contribution in [0.25, 0.3) is 0 Å². The smallest absolute Gasteiger partial charge is 0.333 e. The number of nitrogens with one attached hydrogen (secondary N) is 1. The van der Waals surface area contributed by atoms with Gasteiger partial charge in [-0.1, -0.05) is 19.3 Å². The van der Waals surface area contributed by atoms with E-state index in [0.717, 1.165) is 6.54 Å². The zero-order valence-electron chi connectivity index (χ0n) is 18.7. The summed E-state index contributed by atoms with van der Waals surface area (Å²) in [4.78, 5) is 21.3. The molecule has 2 heterocycles. The van der Waals surface area contributed by atoms with E-state index >= 15 is 0 Å². The lowest BCUT2D eigenvalue weighted by molar-refractivity contribution is 0.00778. The van der Waals surface area contributed by atoms with Crippen molar-refractivity contribution < 1.29 is 27.6 Å². The standard InChI is InChI=1S/C21H30N6O6S/c22-34(31,32)33-11-14-8-17(20(30)18(14)28)25-21-15(9-23-12-24-21)19(29)16-6-7-27(26-16)10-13-4-2-1-3-5-13/h6-7,9,12-14,17-18,20,28,30H,1-5,8,10-11H2,(H2,22,31,32)(H,23,24,25)/t14-,17-,18-,20+/m1/s1. The van der Waals surface area contributed by atoms with Crippen LogP contribution in [0.2, 0.25) is 0 Å². The molecule has 4 atom stereocenters. The van der Waals surface area contributed by atoms with Gasteiger partial charge in [0.25, 0.3) is 0 Å². The molecular weight excluding hydrogens is 464 g/mol. The van der Waals surface area contributed by atoms with Crippen LogP contribution in [0, 0.1) is 11.8 Å². The molecule has 0 spiro atoms. The van der Waals surface area contributed by atoms with Gasteiger partial charge in [0.2, 0.25) is 5.78 Å². The summed E-state index contributed by atoms with van der Waals surface area (Å²) < 4.78 is 28.5. The predicted octanol–water partition coefficient (Wildman–Crippen LogP) is 0.227. The molecule has 0 saturated heterocycles. The van der Waals surface area contributed by atoms with Gasteiger partial charge in [-0.25, -0.2) is 15.1 Å². The molecule has 13 heteroatoms. The van der Waals surface area contributed by atoms with Crippen molar-refractivity contribution in [3.8, 4) is 0 Å². The van der Waals surface area contributed by atoms with E-state index in [1.165, 1.54) is 44.6 Å². The second-order valence-corrected chi connectivity index (χ2v) is 10.3. The second-order valence-electron chi connectivity index (χ2n) is 9.05. The molecule has 0 bridgehead atoms. The zero-order chi connectivity index (χ0) is 24.3. The molecule has 0 aliphatic heterocycles. The fraction of sp³-hybridized carbons (Fsp3) is 0.619. The predicted molar refractivity (Wildman–Crippen MR) is 121 cm³/mol. The molecule has 4 rings (SSSR count).